The van der Waals surface area contributed by atoms with Crippen molar-refractivity contribution in [3.8, 4) is 0 Å². The zero-order valence-electron chi connectivity index (χ0n) is 11.3. The third-order valence-electron chi connectivity index (χ3n) is 3.55. The van der Waals surface area contributed by atoms with Gasteiger partial charge in [-0.3, -0.25) is 9.69 Å². The highest BCUT2D eigenvalue weighted by Gasteiger charge is 2.32. The average Bonchev–Trinajstić information content (AvgIpc) is 2.74. The Kier molecular flexibility index (Phi) is 4.96. The average molecular weight is 301 g/mol. The largest absolute Gasteiger partial charge is 0.396 e. The molecule has 110 valence electrons. The molecule has 0 saturated carbocycles. The van der Waals surface area contributed by atoms with Crippen LogP contribution in [0.2, 0.25) is 5.02 Å². The van der Waals surface area contributed by atoms with Crippen molar-refractivity contribution >= 4 is 17.5 Å². The third kappa shape index (κ3) is 3.69. The Bertz CT molecular complexity index is 498. The molecule has 1 amide bonds. The predicted octanol–water partition coefficient (Wildman–Crippen LogP) is 1.41. The van der Waals surface area contributed by atoms with Crippen LogP contribution in [0.15, 0.2) is 18.2 Å². The normalized spacial score (nSPS) is 23.0. The SMILES string of the molecule is CC(=O)N[C@@H]1CN(Cc2ccc(F)cc2Cl)C[C@H]1CO. The van der Waals surface area contributed by atoms with Crippen LogP contribution in [0.25, 0.3) is 0 Å². The third-order valence-corrected chi connectivity index (χ3v) is 3.90. The first-order valence-corrected chi connectivity index (χ1v) is 6.91. The van der Waals surface area contributed by atoms with Crippen LogP contribution in [0, 0.1) is 11.7 Å². The van der Waals surface area contributed by atoms with Crippen molar-refractivity contribution in [3.05, 3.63) is 34.6 Å². The highest BCUT2D eigenvalue weighted by molar-refractivity contribution is 6.31. The van der Waals surface area contributed by atoms with Gasteiger partial charge >= 0.3 is 0 Å². The van der Waals surface area contributed by atoms with Gasteiger partial charge in [-0.05, 0) is 17.7 Å². The maximum atomic E-state index is 13.0. The van der Waals surface area contributed by atoms with Crippen LogP contribution >= 0.6 is 11.6 Å². The molecule has 0 radical (unpaired) electrons. The van der Waals surface area contributed by atoms with E-state index < -0.39 is 0 Å². The van der Waals surface area contributed by atoms with Crippen LogP contribution in [0.1, 0.15) is 12.5 Å². The Morgan fingerprint density at radius 1 is 1.55 bits per heavy atom. The molecule has 0 aromatic heterocycles. The number of nitrogens with zero attached hydrogens (tertiary/aromatic N) is 1. The molecule has 1 heterocycles. The minimum Gasteiger partial charge on any atom is -0.396 e. The smallest absolute Gasteiger partial charge is 0.217 e. The van der Waals surface area contributed by atoms with Gasteiger partial charge in [-0.1, -0.05) is 17.7 Å². The molecule has 0 unspecified atom stereocenters. The summed E-state index contributed by atoms with van der Waals surface area (Å²) in [5, 5.41) is 12.6. The van der Waals surface area contributed by atoms with E-state index in [1.54, 1.807) is 6.07 Å². The number of carbonyl (C=O) groups is 1. The summed E-state index contributed by atoms with van der Waals surface area (Å²) in [6.45, 7) is 3.39. The Hall–Kier alpha value is -1.17. The first kappa shape index (κ1) is 15.2. The maximum Gasteiger partial charge on any atom is 0.217 e. The standard InChI is InChI=1S/C14H18ClFN2O2/c1-9(20)17-14-7-18(6-11(14)8-19)5-10-2-3-12(16)4-13(10)15/h2-4,11,14,19H,5-8H2,1H3,(H,17,20)/t11-,14+/m0/s1. The minimum absolute atomic E-state index is 0.0122. The van der Waals surface area contributed by atoms with Crippen molar-refractivity contribution in [1.82, 2.24) is 10.2 Å². The van der Waals surface area contributed by atoms with E-state index in [4.69, 9.17) is 11.6 Å². The lowest BCUT2D eigenvalue weighted by atomic mass is 10.1. The van der Waals surface area contributed by atoms with Gasteiger partial charge < -0.3 is 10.4 Å². The van der Waals surface area contributed by atoms with E-state index in [1.807, 2.05) is 0 Å². The van der Waals surface area contributed by atoms with E-state index in [1.165, 1.54) is 19.1 Å². The van der Waals surface area contributed by atoms with Gasteiger partial charge in [0.25, 0.3) is 0 Å². The maximum absolute atomic E-state index is 13.0. The number of hydrogen-bond acceptors (Lipinski definition) is 3. The van der Waals surface area contributed by atoms with Gasteiger partial charge in [-0.15, -0.1) is 0 Å². The summed E-state index contributed by atoms with van der Waals surface area (Å²) in [7, 11) is 0. The molecule has 1 aliphatic rings. The van der Waals surface area contributed by atoms with E-state index in [9.17, 15) is 14.3 Å². The molecule has 1 fully saturated rings. The van der Waals surface area contributed by atoms with Gasteiger partial charge in [0, 0.05) is 50.1 Å². The van der Waals surface area contributed by atoms with E-state index in [2.05, 4.69) is 10.2 Å². The molecule has 0 aliphatic carbocycles. The lowest BCUT2D eigenvalue weighted by Gasteiger charge is -2.17. The Morgan fingerprint density at radius 2 is 2.30 bits per heavy atom. The second-order valence-electron chi connectivity index (χ2n) is 5.18. The fraction of sp³-hybridized carbons (Fsp3) is 0.500. The van der Waals surface area contributed by atoms with E-state index >= 15 is 0 Å². The minimum atomic E-state index is -0.357. The highest BCUT2D eigenvalue weighted by atomic mass is 35.5. The number of rotatable bonds is 4. The van der Waals surface area contributed by atoms with Crippen LogP contribution in [-0.2, 0) is 11.3 Å². The number of amides is 1. The zero-order valence-corrected chi connectivity index (χ0v) is 12.0. The lowest BCUT2D eigenvalue weighted by molar-refractivity contribution is -0.119. The summed E-state index contributed by atoms with van der Waals surface area (Å²) in [4.78, 5) is 13.2. The molecule has 2 rings (SSSR count). The molecular formula is C14H18ClFN2O2. The fourth-order valence-corrected chi connectivity index (χ4v) is 2.82. The number of nitrogens with one attached hydrogen (secondary N) is 1. The highest BCUT2D eigenvalue weighted by Crippen LogP contribution is 2.23. The Balaban J connectivity index is 2.02. The van der Waals surface area contributed by atoms with Crippen molar-refractivity contribution in [1.29, 1.82) is 0 Å². The van der Waals surface area contributed by atoms with Crippen molar-refractivity contribution in [2.75, 3.05) is 19.7 Å². The molecule has 0 bridgehead atoms. The van der Waals surface area contributed by atoms with E-state index in [0.717, 1.165) is 5.56 Å². The van der Waals surface area contributed by atoms with Crippen LogP contribution in [0.4, 0.5) is 4.39 Å². The first-order chi connectivity index (χ1) is 9.49. The molecule has 1 aromatic carbocycles. The molecule has 20 heavy (non-hydrogen) atoms. The van der Waals surface area contributed by atoms with Crippen LogP contribution in [0.3, 0.4) is 0 Å². The number of aliphatic hydroxyl groups excluding tert-OH is 1. The number of likely N-dealkylation sites (tertiary alicyclic amines) is 1. The number of carbonyl (C=O) groups excluding carboxylic acids is 1. The topological polar surface area (TPSA) is 52.6 Å². The van der Waals surface area contributed by atoms with Gasteiger partial charge in [0.05, 0.1) is 0 Å². The van der Waals surface area contributed by atoms with Crippen molar-refractivity contribution in [2.24, 2.45) is 5.92 Å². The second kappa shape index (κ2) is 6.52. The lowest BCUT2D eigenvalue weighted by Crippen LogP contribution is -2.40. The summed E-state index contributed by atoms with van der Waals surface area (Å²) < 4.78 is 13.0. The van der Waals surface area contributed by atoms with Crippen molar-refractivity contribution < 1.29 is 14.3 Å². The first-order valence-electron chi connectivity index (χ1n) is 6.54. The molecule has 2 atom stereocenters. The van der Waals surface area contributed by atoms with Crippen LogP contribution in [-0.4, -0.2) is 41.7 Å². The summed E-state index contributed by atoms with van der Waals surface area (Å²) in [5.74, 6) is -0.447. The van der Waals surface area contributed by atoms with Crippen molar-refractivity contribution in [3.63, 3.8) is 0 Å². The molecule has 6 heteroatoms. The molecule has 2 N–H and O–H groups in total. The Labute approximate surface area is 122 Å². The van der Waals surface area contributed by atoms with Crippen molar-refractivity contribution in [2.45, 2.75) is 19.5 Å². The second-order valence-corrected chi connectivity index (χ2v) is 5.59. The van der Waals surface area contributed by atoms with Gasteiger partial charge in [-0.25, -0.2) is 4.39 Å². The van der Waals surface area contributed by atoms with Gasteiger partial charge in [0.1, 0.15) is 5.82 Å². The zero-order chi connectivity index (χ0) is 14.7. The molecule has 1 saturated heterocycles. The number of benzene rings is 1. The molecule has 1 aliphatic heterocycles. The monoisotopic (exact) mass is 300 g/mol. The number of aliphatic hydroxyl groups is 1. The van der Waals surface area contributed by atoms with Gasteiger partial charge in [0.15, 0.2) is 0 Å². The molecule has 4 nitrogen and oxygen atoms in total. The summed E-state index contributed by atoms with van der Waals surface area (Å²) >= 11 is 6.01. The quantitative estimate of drug-likeness (QED) is 0.884. The summed E-state index contributed by atoms with van der Waals surface area (Å²) in [6, 6.07) is 4.28. The van der Waals surface area contributed by atoms with Gasteiger partial charge in [-0.2, -0.15) is 0 Å². The van der Waals surface area contributed by atoms with E-state index in [0.29, 0.717) is 24.7 Å². The number of halogens is 2. The molecule has 0 spiro atoms. The number of hydrogen-bond donors (Lipinski definition) is 2. The van der Waals surface area contributed by atoms with Gasteiger partial charge in [0.2, 0.25) is 5.91 Å². The van der Waals surface area contributed by atoms with Crippen LogP contribution < -0.4 is 5.32 Å². The summed E-state index contributed by atoms with van der Waals surface area (Å²) in [6.07, 6.45) is 0. The van der Waals surface area contributed by atoms with Crippen LogP contribution in [0.5, 0.6) is 0 Å². The van der Waals surface area contributed by atoms with E-state index in [-0.39, 0.29) is 30.3 Å². The molecular weight excluding hydrogens is 283 g/mol. The fourth-order valence-electron chi connectivity index (χ4n) is 2.59. The molecule has 1 aromatic rings. The summed E-state index contributed by atoms with van der Waals surface area (Å²) in [5.41, 5.74) is 0.841. The Morgan fingerprint density at radius 3 is 2.90 bits per heavy atom. The predicted molar refractivity (Wildman–Crippen MR) is 74.9 cm³/mol.